The van der Waals surface area contributed by atoms with Gasteiger partial charge in [-0.05, 0) is 26.3 Å². The molecule has 14 heavy (non-hydrogen) atoms. The summed E-state index contributed by atoms with van der Waals surface area (Å²) in [5.41, 5.74) is 5.33. The van der Waals surface area contributed by atoms with Gasteiger partial charge in [0, 0.05) is 0 Å². The van der Waals surface area contributed by atoms with Crippen LogP contribution in [-0.4, -0.2) is 29.0 Å². The van der Waals surface area contributed by atoms with E-state index in [-0.39, 0.29) is 5.37 Å². The van der Waals surface area contributed by atoms with Gasteiger partial charge < -0.3 is 10.8 Å². The molecule has 4 N–H and O–H groups in total. The Kier molecular flexibility index (Phi) is 8.46. The highest BCUT2D eigenvalue weighted by Gasteiger charge is 2.18. The Morgan fingerprint density at radius 3 is 2.71 bits per heavy atom. The van der Waals surface area contributed by atoms with Crippen molar-refractivity contribution in [2.24, 2.45) is 5.73 Å². The summed E-state index contributed by atoms with van der Waals surface area (Å²) in [6.07, 6.45) is 2.32. The molecule has 6 heteroatoms. The maximum Gasteiger partial charge on any atom is 0.320 e. The van der Waals surface area contributed by atoms with E-state index in [1.54, 1.807) is 0 Å². The highest BCUT2D eigenvalue weighted by atomic mass is 33.1. The predicted molar refractivity (Wildman–Crippen MR) is 63.5 cm³/mol. The number of carboxylic acid groups (broad SMARTS) is 1. The van der Waals surface area contributed by atoms with E-state index in [4.69, 9.17) is 10.8 Å². The molecule has 84 valence electrons. The minimum Gasteiger partial charge on any atom is -0.480 e. The number of nitrogens with two attached hydrogens (primary N) is 1. The van der Waals surface area contributed by atoms with Crippen LogP contribution in [0.4, 0.5) is 0 Å². The number of hydrogen-bond acceptors (Lipinski definition) is 5. The molecule has 0 aromatic rings. The Hall–Kier alpha value is 0.0900. The van der Waals surface area contributed by atoms with Crippen molar-refractivity contribution in [2.45, 2.75) is 37.6 Å². The van der Waals surface area contributed by atoms with E-state index in [1.807, 2.05) is 6.92 Å². The molecule has 2 atom stereocenters. The molecule has 0 radical (unpaired) electrons. The SMILES string of the molecule is CC(NC(CCCCN)C(=O)O)SS. The topological polar surface area (TPSA) is 75.3 Å². The smallest absolute Gasteiger partial charge is 0.320 e. The summed E-state index contributed by atoms with van der Waals surface area (Å²) in [6, 6.07) is -0.490. The molecule has 0 rings (SSSR count). The number of hydrogen-bond donors (Lipinski definition) is 4. The summed E-state index contributed by atoms with van der Waals surface area (Å²) in [4.78, 5) is 10.8. The van der Waals surface area contributed by atoms with E-state index in [0.29, 0.717) is 13.0 Å². The standard InChI is InChI=1S/C8H18N2O2S2/c1-6(14-13)10-7(8(11)12)4-2-3-5-9/h6-7,10,13H,2-5,9H2,1H3,(H,11,12). The average Bonchev–Trinajstić information content (AvgIpc) is 2.16. The van der Waals surface area contributed by atoms with Crippen molar-refractivity contribution >= 4 is 28.4 Å². The number of thiol groups is 1. The molecule has 0 saturated heterocycles. The maximum absolute atomic E-state index is 10.8. The van der Waals surface area contributed by atoms with Crippen LogP contribution < -0.4 is 11.1 Å². The second kappa shape index (κ2) is 8.40. The first kappa shape index (κ1) is 14.1. The van der Waals surface area contributed by atoms with E-state index >= 15 is 0 Å². The quantitative estimate of drug-likeness (QED) is 0.220. The number of nitrogens with one attached hydrogen (secondary N) is 1. The van der Waals surface area contributed by atoms with Crippen molar-refractivity contribution in [3.8, 4) is 0 Å². The summed E-state index contributed by atoms with van der Waals surface area (Å²) in [7, 11) is 1.31. The molecule has 0 aromatic heterocycles. The van der Waals surface area contributed by atoms with Gasteiger partial charge in [-0.3, -0.25) is 10.1 Å². The second-order valence-corrected chi connectivity index (χ2v) is 4.64. The lowest BCUT2D eigenvalue weighted by Gasteiger charge is -2.17. The minimum atomic E-state index is -0.809. The van der Waals surface area contributed by atoms with Gasteiger partial charge in [-0.15, -0.1) is 11.7 Å². The normalized spacial score (nSPS) is 15.1. The zero-order valence-corrected chi connectivity index (χ0v) is 9.98. The van der Waals surface area contributed by atoms with Gasteiger partial charge in [-0.2, -0.15) is 0 Å². The van der Waals surface area contributed by atoms with Crippen molar-refractivity contribution in [1.29, 1.82) is 0 Å². The average molecular weight is 238 g/mol. The number of unbranched alkanes of at least 4 members (excludes halogenated alkanes) is 1. The second-order valence-electron chi connectivity index (χ2n) is 3.09. The Morgan fingerprint density at radius 1 is 1.64 bits per heavy atom. The Morgan fingerprint density at radius 2 is 2.29 bits per heavy atom. The van der Waals surface area contributed by atoms with Crippen LogP contribution in [0.5, 0.6) is 0 Å². The molecule has 0 heterocycles. The molecule has 4 nitrogen and oxygen atoms in total. The lowest BCUT2D eigenvalue weighted by molar-refractivity contribution is -0.139. The third-order valence-corrected chi connectivity index (χ3v) is 3.24. The Bertz CT molecular complexity index is 169. The summed E-state index contributed by atoms with van der Waals surface area (Å²) in [5.74, 6) is -0.809. The lowest BCUT2D eigenvalue weighted by atomic mass is 10.1. The van der Waals surface area contributed by atoms with Crippen LogP contribution in [0.3, 0.4) is 0 Å². The number of rotatable bonds is 8. The van der Waals surface area contributed by atoms with Crippen molar-refractivity contribution in [2.75, 3.05) is 6.54 Å². The van der Waals surface area contributed by atoms with Crippen LogP contribution in [0.2, 0.25) is 0 Å². The molecule has 0 aromatic carbocycles. The first-order valence-corrected chi connectivity index (χ1v) is 6.54. The monoisotopic (exact) mass is 238 g/mol. The summed E-state index contributed by atoms with van der Waals surface area (Å²) >= 11 is 4.01. The van der Waals surface area contributed by atoms with Gasteiger partial charge in [0.1, 0.15) is 6.04 Å². The summed E-state index contributed by atoms with van der Waals surface area (Å²) in [5, 5.41) is 11.9. The lowest BCUT2D eigenvalue weighted by Crippen LogP contribution is -2.40. The number of carbonyl (C=O) groups is 1. The summed E-state index contributed by atoms with van der Waals surface area (Å²) in [6.45, 7) is 2.50. The van der Waals surface area contributed by atoms with Gasteiger partial charge in [-0.1, -0.05) is 17.2 Å². The van der Waals surface area contributed by atoms with Crippen LogP contribution in [0.25, 0.3) is 0 Å². The third-order valence-electron chi connectivity index (χ3n) is 1.84. The molecular formula is C8H18N2O2S2. The fourth-order valence-electron chi connectivity index (χ4n) is 1.08. The highest BCUT2D eigenvalue weighted by molar-refractivity contribution is 8.68. The summed E-state index contributed by atoms with van der Waals surface area (Å²) < 4.78 is 0. The minimum absolute atomic E-state index is 0.0392. The maximum atomic E-state index is 10.8. The first-order chi connectivity index (χ1) is 6.61. The molecule has 0 fully saturated rings. The fraction of sp³-hybridized carbons (Fsp3) is 0.875. The van der Waals surface area contributed by atoms with Crippen molar-refractivity contribution in [3.63, 3.8) is 0 Å². The largest absolute Gasteiger partial charge is 0.480 e. The van der Waals surface area contributed by atoms with Gasteiger partial charge in [0.25, 0.3) is 0 Å². The van der Waals surface area contributed by atoms with Crippen LogP contribution in [0.1, 0.15) is 26.2 Å². The van der Waals surface area contributed by atoms with E-state index in [9.17, 15) is 4.79 Å². The molecule has 0 aliphatic rings. The zero-order chi connectivity index (χ0) is 11.0. The van der Waals surface area contributed by atoms with Gasteiger partial charge in [0.15, 0.2) is 0 Å². The van der Waals surface area contributed by atoms with Crippen LogP contribution in [0.15, 0.2) is 0 Å². The molecule has 0 spiro atoms. The van der Waals surface area contributed by atoms with E-state index < -0.39 is 12.0 Å². The van der Waals surface area contributed by atoms with Crippen molar-refractivity contribution in [1.82, 2.24) is 5.32 Å². The highest BCUT2D eigenvalue weighted by Crippen LogP contribution is 2.13. The molecule has 0 saturated carbocycles. The van der Waals surface area contributed by atoms with Gasteiger partial charge >= 0.3 is 5.97 Å². The van der Waals surface area contributed by atoms with E-state index in [0.717, 1.165) is 12.8 Å². The van der Waals surface area contributed by atoms with Crippen LogP contribution in [-0.2, 0) is 4.79 Å². The van der Waals surface area contributed by atoms with Crippen LogP contribution in [0, 0.1) is 0 Å². The first-order valence-electron chi connectivity index (χ1n) is 4.61. The fourth-order valence-corrected chi connectivity index (χ4v) is 1.49. The van der Waals surface area contributed by atoms with Crippen LogP contribution >= 0.6 is 22.5 Å². The third kappa shape index (κ3) is 6.53. The molecule has 0 bridgehead atoms. The van der Waals surface area contributed by atoms with Gasteiger partial charge in [0.2, 0.25) is 0 Å². The predicted octanol–water partition coefficient (Wildman–Crippen LogP) is 1.08. The van der Waals surface area contributed by atoms with Gasteiger partial charge in [0.05, 0.1) is 5.37 Å². The van der Waals surface area contributed by atoms with Crippen molar-refractivity contribution in [3.05, 3.63) is 0 Å². The molecule has 0 amide bonds. The zero-order valence-electron chi connectivity index (χ0n) is 8.27. The van der Waals surface area contributed by atoms with E-state index in [2.05, 4.69) is 17.0 Å². The Balaban J connectivity index is 3.84. The molecule has 0 aliphatic carbocycles. The van der Waals surface area contributed by atoms with E-state index in [1.165, 1.54) is 10.8 Å². The number of carboxylic acids is 1. The molecular weight excluding hydrogens is 220 g/mol. The Labute approximate surface area is 93.8 Å². The molecule has 0 aliphatic heterocycles. The molecule has 2 unspecified atom stereocenters. The van der Waals surface area contributed by atoms with Crippen molar-refractivity contribution < 1.29 is 9.90 Å². The van der Waals surface area contributed by atoms with Gasteiger partial charge in [-0.25, -0.2) is 0 Å². The number of aliphatic carboxylic acids is 1.